The van der Waals surface area contributed by atoms with E-state index in [9.17, 15) is 4.79 Å². The molecule has 1 aliphatic rings. The van der Waals surface area contributed by atoms with Crippen molar-refractivity contribution in [2.75, 3.05) is 0 Å². The van der Waals surface area contributed by atoms with Gasteiger partial charge in [0, 0.05) is 30.1 Å². The van der Waals surface area contributed by atoms with Gasteiger partial charge in [-0.3, -0.25) is 9.78 Å². The monoisotopic (exact) mass is 262 g/mol. The van der Waals surface area contributed by atoms with Gasteiger partial charge in [0.1, 0.15) is 0 Å². The molecule has 0 atom stereocenters. The highest BCUT2D eigenvalue weighted by molar-refractivity contribution is 5.96. The summed E-state index contributed by atoms with van der Waals surface area (Å²) in [6, 6.07) is 14.2. The summed E-state index contributed by atoms with van der Waals surface area (Å²) < 4.78 is 2.12. The summed E-state index contributed by atoms with van der Waals surface area (Å²) >= 11 is 0. The predicted molar refractivity (Wildman–Crippen MR) is 78.7 cm³/mol. The lowest BCUT2D eigenvalue weighted by molar-refractivity contribution is 0.0955. The molecule has 0 spiro atoms. The lowest BCUT2D eigenvalue weighted by Crippen LogP contribution is -2.16. The number of rotatable bonds is 1. The molecule has 98 valence electrons. The fraction of sp³-hybridized carbons (Fsp3) is 0.176. The van der Waals surface area contributed by atoms with E-state index in [-0.39, 0.29) is 5.78 Å². The van der Waals surface area contributed by atoms with Gasteiger partial charge < -0.3 is 4.57 Å². The number of Topliss-reactive ketones (excluding diaryl/α,β-unsaturated/α-hetero) is 1. The number of ketones is 1. The number of carbonyl (C=O) groups excluding carboxylic acids is 1. The first-order valence-corrected chi connectivity index (χ1v) is 6.91. The minimum absolute atomic E-state index is 0.247. The van der Waals surface area contributed by atoms with Crippen molar-refractivity contribution in [2.45, 2.75) is 19.4 Å². The molecule has 0 aliphatic carbocycles. The molecule has 0 saturated carbocycles. The summed E-state index contributed by atoms with van der Waals surface area (Å²) in [5, 5.41) is 1.13. The van der Waals surface area contributed by atoms with E-state index >= 15 is 0 Å². The molecule has 3 heteroatoms. The highest BCUT2D eigenvalue weighted by Gasteiger charge is 2.20. The standard InChI is InChI=1S/C17H14N2O/c20-17-6-3-9-19-15(7-8-16(17)19)13-10-12-4-1-2-5-14(12)18-11-13/h1-2,4-5,7-8,10-11H,3,6,9H2. The molecule has 3 heterocycles. The first-order chi connectivity index (χ1) is 9.83. The molecule has 0 unspecified atom stereocenters. The molecule has 3 aromatic rings. The Bertz CT molecular complexity index is 817. The molecule has 0 fully saturated rings. The fourth-order valence-corrected chi connectivity index (χ4v) is 2.94. The second-order valence-electron chi connectivity index (χ2n) is 5.20. The van der Waals surface area contributed by atoms with Gasteiger partial charge in [-0.1, -0.05) is 18.2 Å². The second kappa shape index (κ2) is 4.30. The number of benzene rings is 1. The van der Waals surface area contributed by atoms with Crippen LogP contribution in [0.5, 0.6) is 0 Å². The van der Waals surface area contributed by atoms with Crippen molar-refractivity contribution in [1.82, 2.24) is 9.55 Å². The Morgan fingerprint density at radius 3 is 2.85 bits per heavy atom. The van der Waals surface area contributed by atoms with E-state index in [0.717, 1.165) is 40.8 Å². The smallest absolute Gasteiger partial charge is 0.179 e. The third-order valence-corrected chi connectivity index (χ3v) is 3.94. The molecule has 0 bridgehead atoms. The van der Waals surface area contributed by atoms with E-state index in [4.69, 9.17) is 0 Å². The van der Waals surface area contributed by atoms with Gasteiger partial charge >= 0.3 is 0 Å². The molecule has 0 N–H and O–H groups in total. The number of nitrogens with zero attached hydrogens (tertiary/aromatic N) is 2. The predicted octanol–water partition coefficient (Wildman–Crippen LogP) is 3.68. The van der Waals surface area contributed by atoms with Crippen molar-refractivity contribution < 1.29 is 4.79 Å². The third-order valence-electron chi connectivity index (χ3n) is 3.94. The summed E-state index contributed by atoms with van der Waals surface area (Å²) in [7, 11) is 0. The van der Waals surface area contributed by atoms with Crippen LogP contribution in [0, 0.1) is 0 Å². The summed E-state index contributed by atoms with van der Waals surface area (Å²) in [6.45, 7) is 0.913. The van der Waals surface area contributed by atoms with Crippen molar-refractivity contribution in [3.8, 4) is 11.3 Å². The number of para-hydroxylation sites is 1. The summed E-state index contributed by atoms with van der Waals surface area (Å²) in [4.78, 5) is 16.4. The maximum Gasteiger partial charge on any atom is 0.179 e. The maximum absolute atomic E-state index is 11.9. The van der Waals surface area contributed by atoms with Crippen LogP contribution in [-0.2, 0) is 6.54 Å². The Kier molecular flexibility index (Phi) is 2.46. The van der Waals surface area contributed by atoms with Crippen LogP contribution in [0.4, 0.5) is 0 Å². The largest absolute Gasteiger partial charge is 0.338 e. The highest BCUT2D eigenvalue weighted by Crippen LogP contribution is 2.28. The molecule has 3 nitrogen and oxygen atoms in total. The Balaban J connectivity index is 1.89. The van der Waals surface area contributed by atoms with E-state index in [2.05, 4.69) is 21.7 Å². The van der Waals surface area contributed by atoms with Crippen LogP contribution in [0.15, 0.2) is 48.7 Å². The summed E-state index contributed by atoms with van der Waals surface area (Å²) in [6.07, 6.45) is 3.48. The van der Waals surface area contributed by atoms with Crippen LogP contribution in [0.2, 0.25) is 0 Å². The maximum atomic E-state index is 11.9. The Hall–Kier alpha value is -2.42. The number of carbonyl (C=O) groups is 1. The number of aromatic nitrogens is 2. The normalized spacial score (nSPS) is 14.5. The van der Waals surface area contributed by atoms with Gasteiger partial charge in [-0.2, -0.15) is 0 Å². The topological polar surface area (TPSA) is 34.9 Å². The highest BCUT2D eigenvalue weighted by atomic mass is 16.1. The summed E-state index contributed by atoms with van der Waals surface area (Å²) in [5.41, 5.74) is 3.99. The first kappa shape index (κ1) is 11.4. The first-order valence-electron chi connectivity index (χ1n) is 6.91. The van der Waals surface area contributed by atoms with Gasteiger partial charge in [0.2, 0.25) is 0 Å². The molecule has 0 saturated heterocycles. The zero-order valence-electron chi connectivity index (χ0n) is 11.0. The zero-order valence-corrected chi connectivity index (χ0v) is 11.0. The van der Waals surface area contributed by atoms with Crippen LogP contribution in [0.3, 0.4) is 0 Å². The fourth-order valence-electron chi connectivity index (χ4n) is 2.94. The summed E-state index contributed by atoms with van der Waals surface area (Å²) in [5.74, 6) is 0.247. The molecular formula is C17H14N2O. The van der Waals surface area contributed by atoms with Crippen LogP contribution in [0.1, 0.15) is 23.3 Å². The molecule has 0 radical (unpaired) electrons. The zero-order chi connectivity index (χ0) is 13.5. The molecule has 1 aliphatic heterocycles. The van der Waals surface area contributed by atoms with Gasteiger partial charge in [0.15, 0.2) is 5.78 Å². The van der Waals surface area contributed by atoms with E-state index in [1.807, 2.05) is 36.5 Å². The van der Waals surface area contributed by atoms with Crippen molar-refractivity contribution in [3.63, 3.8) is 0 Å². The average molecular weight is 262 g/mol. The third kappa shape index (κ3) is 1.67. The van der Waals surface area contributed by atoms with E-state index in [1.54, 1.807) is 0 Å². The van der Waals surface area contributed by atoms with Gasteiger partial charge in [-0.05, 0) is 30.7 Å². The van der Waals surface area contributed by atoms with E-state index in [0.29, 0.717) is 6.42 Å². The van der Waals surface area contributed by atoms with Crippen molar-refractivity contribution in [2.24, 2.45) is 0 Å². The van der Waals surface area contributed by atoms with Gasteiger partial charge in [0.05, 0.1) is 16.9 Å². The van der Waals surface area contributed by atoms with E-state index in [1.165, 1.54) is 0 Å². The minimum Gasteiger partial charge on any atom is -0.338 e. The lowest BCUT2D eigenvalue weighted by Gasteiger charge is -2.17. The number of hydrogen-bond acceptors (Lipinski definition) is 2. The quantitative estimate of drug-likeness (QED) is 0.670. The Morgan fingerprint density at radius 1 is 1.05 bits per heavy atom. The molecule has 0 amide bonds. The SMILES string of the molecule is O=C1CCCn2c1ccc2-c1cnc2ccccc2c1. The van der Waals surface area contributed by atoms with Crippen LogP contribution in [-0.4, -0.2) is 15.3 Å². The number of fused-ring (bicyclic) bond motifs is 2. The molecule has 2 aromatic heterocycles. The van der Waals surface area contributed by atoms with Crippen molar-refractivity contribution in [3.05, 3.63) is 54.4 Å². The van der Waals surface area contributed by atoms with Crippen LogP contribution >= 0.6 is 0 Å². The van der Waals surface area contributed by atoms with Crippen LogP contribution < -0.4 is 0 Å². The van der Waals surface area contributed by atoms with Gasteiger partial charge in [-0.15, -0.1) is 0 Å². The number of pyridine rings is 1. The Labute approximate surface area is 116 Å². The van der Waals surface area contributed by atoms with Gasteiger partial charge in [0.25, 0.3) is 0 Å². The lowest BCUT2D eigenvalue weighted by atomic mass is 10.1. The van der Waals surface area contributed by atoms with Crippen LogP contribution in [0.25, 0.3) is 22.2 Å². The Morgan fingerprint density at radius 2 is 1.90 bits per heavy atom. The minimum atomic E-state index is 0.247. The molecule has 20 heavy (non-hydrogen) atoms. The molecule has 4 rings (SSSR count). The van der Waals surface area contributed by atoms with Gasteiger partial charge in [-0.25, -0.2) is 0 Å². The second-order valence-corrected chi connectivity index (χ2v) is 5.20. The number of hydrogen-bond donors (Lipinski definition) is 0. The molecular weight excluding hydrogens is 248 g/mol. The average Bonchev–Trinajstić information content (AvgIpc) is 2.92. The van der Waals surface area contributed by atoms with Crippen molar-refractivity contribution >= 4 is 16.7 Å². The van der Waals surface area contributed by atoms with Crippen molar-refractivity contribution in [1.29, 1.82) is 0 Å². The molecule has 1 aromatic carbocycles. The van der Waals surface area contributed by atoms with E-state index < -0.39 is 0 Å².